The molecular weight excluding hydrogens is 319 g/mol. The molecule has 0 N–H and O–H groups in total. The molecule has 0 saturated carbocycles. The van der Waals surface area contributed by atoms with Crippen LogP contribution in [0.15, 0.2) is 12.1 Å². The molecule has 20 heavy (non-hydrogen) atoms. The normalized spacial score (nSPS) is 20.7. The molecular formula is C15H19Cl3O2. The molecule has 0 aromatic heterocycles. The number of rotatable bonds is 5. The third-order valence-corrected chi connectivity index (χ3v) is 4.70. The first-order chi connectivity index (χ1) is 9.61. The summed E-state index contributed by atoms with van der Waals surface area (Å²) in [6, 6.07) is 3.51. The van der Waals surface area contributed by atoms with Gasteiger partial charge in [0.05, 0.1) is 23.6 Å². The van der Waals surface area contributed by atoms with Crippen LogP contribution in [0, 0.1) is 0 Å². The van der Waals surface area contributed by atoms with Crippen LogP contribution in [0.1, 0.15) is 43.0 Å². The first-order valence-electron chi connectivity index (χ1n) is 6.90. The fourth-order valence-corrected chi connectivity index (χ4v) is 3.36. The smallest absolute Gasteiger partial charge is 0.138 e. The molecule has 2 atom stereocenters. The molecule has 1 saturated heterocycles. The SMILES string of the molecule is COc1cc(Cl)c(C(Cl)CCC2CCCCO2)cc1Cl. The summed E-state index contributed by atoms with van der Waals surface area (Å²) in [5.41, 5.74) is 0.856. The van der Waals surface area contributed by atoms with Crippen molar-refractivity contribution in [3.8, 4) is 5.75 Å². The van der Waals surface area contributed by atoms with Crippen molar-refractivity contribution in [2.24, 2.45) is 0 Å². The largest absolute Gasteiger partial charge is 0.495 e. The number of halogens is 3. The minimum Gasteiger partial charge on any atom is -0.495 e. The van der Waals surface area contributed by atoms with Crippen molar-refractivity contribution in [1.82, 2.24) is 0 Å². The molecule has 2 rings (SSSR count). The molecule has 1 heterocycles. The van der Waals surface area contributed by atoms with Crippen LogP contribution < -0.4 is 4.74 Å². The second-order valence-corrected chi connectivity index (χ2v) is 6.38. The average Bonchev–Trinajstić information content (AvgIpc) is 2.47. The van der Waals surface area contributed by atoms with Crippen LogP contribution >= 0.6 is 34.8 Å². The monoisotopic (exact) mass is 336 g/mol. The van der Waals surface area contributed by atoms with Gasteiger partial charge in [-0.2, -0.15) is 0 Å². The zero-order valence-corrected chi connectivity index (χ0v) is 13.8. The molecule has 2 nitrogen and oxygen atoms in total. The van der Waals surface area contributed by atoms with E-state index >= 15 is 0 Å². The van der Waals surface area contributed by atoms with E-state index in [0.717, 1.165) is 31.4 Å². The Morgan fingerprint density at radius 3 is 2.75 bits per heavy atom. The van der Waals surface area contributed by atoms with Crippen molar-refractivity contribution in [1.29, 1.82) is 0 Å². The van der Waals surface area contributed by atoms with Gasteiger partial charge in [-0.3, -0.25) is 0 Å². The van der Waals surface area contributed by atoms with Crippen LogP contribution in [0.4, 0.5) is 0 Å². The van der Waals surface area contributed by atoms with Gasteiger partial charge in [0.25, 0.3) is 0 Å². The molecule has 0 spiro atoms. The maximum absolute atomic E-state index is 6.46. The standard InChI is InChI=1S/C15H19Cl3O2/c1-19-15-9-13(17)11(8-14(15)18)12(16)6-5-10-4-2-3-7-20-10/h8-10,12H,2-7H2,1H3. The predicted molar refractivity (Wildman–Crippen MR) is 84.4 cm³/mol. The molecule has 0 aliphatic carbocycles. The zero-order valence-electron chi connectivity index (χ0n) is 11.5. The number of methoxy groups -OCH3 is 1. The molecule has 1 aromatic carbocycles. The van der Waals surface area contributed by atoms with Crippen molar-refractivity contribution in [3.05, 3.63) is 27.7 Å². The van der Waals surface area contributed by atoms with E-state index in [4.69, 9.17) is 44.3 Å². The molecule has 5 heteroatoms. The van der Waals surface area contributed by atoms with Crippen LogP contribution in [0.2, 0.25) is 10.0 Å². The molecule has 1 fully saturated rings. The Morgan fingerprint density at radius 1 is 1.30 bits per heavy atom. The highest BCUT2D eigenvalue weighted by Gasteiger charge is 2.19. The van der Waals surface area contributed by atoms with E-state index < -0.39 is 0 Å². The van der Waals surface area contributed by atoms with E-state index in [2.05, 4.69) is 0 Å². The van der Waals surface area contributed by atoms with Crippen molar-refractivity contribution in [3.63, 3.8) is 0 Å². The topological polar surface area (TPSA) is 18.5 Å². The number of alkyl halides is 1. The summed E-state index contributed by atoms with van der Waals surface area (Å²) >= 11 is 18.8. The first-order valence-corrected chi connectivity index (χ1v) is 8.09. The predicted octanol–water partition coefficient (Wildman–Crippen LogP) is 5.63. The lowest BCUT2D eigenvalue weighted by atomic mass is 10.0. The minimum absolute atomic E-state index is 0.156. The van der Waals surface area contributed by atoms with Gasteiger partial charge in [-0.15, -0.1) is 11.6 Å². The zero-order chi connectivity index (χ0) is 14.5. The summed E-state index contributed by atoms with van der Waals surface area (Å²) < 4.78 is 10.9. The van der Waals surface area contributed by atoms with Gasteiger partial charge in [0.15, 0.2) is 0 Å². The minimum atomic E-state index is -0.156. The van der Waals surface area contributed by atoms with Crippen molar-refractivity contribution in [2.45, 2.75) is 43.6 Å². The van der Waals surface area contributed by atoms with E-state index in [-0.39, 0.29) is 5.38 Å². The number of hydrogen-bond acceptors (Lipinski definition) is 2. The molecule has 0 radical (unpaired) electrons. The van der Waals surface area contributed by atoms with Crippen LogP contribution in [0.5, 0.6) is 5.75 Å². The Balaban J connectivity index is 1.97. The summed E-state index contributed by atoms with van der Waals surface area (Å²) in [5, 5.41) is 0.971. The first kappa shape index (κ1) is 16.2. The highest BCUT2D eigenvalue weighted by atomic mass is 35.5. The van der Waals surface area contributed by atoms with Crippen LogP contribution in [-0.4, -0.2) is 19.8 Å². The molecule has 1 aliphatic rings. The third kappa shape index (κ3) is 4.17. The molecule has 1 aromatic rings. The van der Waals surface area contributed by atoms with E-state index in [1.54, 1.807) is 19.2 Å². The number of ether oxygens (including phenoxy) is 2. The average molecular weight is 338 g/mol. The fraction of sp³-hybridized carbons (Fsp3) is 0.600. The van der Waals surface area contributed by atoms with Gasteiger partial charge < -0.3 is 9.47 Å². The lowest BCUT2D eigenvalue weighted by Gasteiger charge is -2.23. The summed E-state index contributed by atoms with van der Waals surface area (Å²) in [4.78, 5) is 0. The fourth-order valence-electron chi connectivity index (χ4n) is 2.46. The summed E-state index contributed by atoms with van der Waals surface area (Å²) in [7, 11) is 1.57. The molecule has 112 valence electrons. The maximum Gasteiger partial charge on any atom is 0.138 e. The van der Waals surface area contributed by atoms with E-state index in [0.29, 0.717) is 21.9 Å². The quantitative estimate of drug-likeness (QED) is 0.648. The van der Waals surface area contributed by atoms with E-state index in [1.807, 2.05) is 0 Å². The highest BCUT2D eigenvalue weighted by Crippen LogP contribution is 2.38. The van der Waals surface area contributed by atoms with Gasteiger partial charge >= 0.3 is 0 Å². The Hall–Kier alpha value is -0.150. The summed E-state index contributed by atoms with van der Waals surface area (Å²) in [5.74, 6) is 0.569. The third-order valence-electron chi connectivity index (χ3n) is 3.62. The number of hydrogen-bond donors (Lipinski definition) is 0. The lowest BCUT2D eigenvalue weighted by Crippen LogP contribution is -2.19. The van der Waals surface area contributed by atoms with Crippen molar-refractivity contribution >= 4 is 34.8 Å². The summed E-state index contributed by atoms with van der Waals surface area (Å²) in [6.07, 6.45) is 5.65. The molecule has 2 unspecified atom stereocenters. The van der Waals surface area contributed by atoms with Gasteiger partial charge in [0, 0.05) is 17.7 Å². The Kier molecular flexibility index (Phi) is 6.28. The Morgan fingerprint density at radius 2 is 2.10 bits per heavy atom. The lowest BCUT2D eigenvalue weighted by molar-refractivity contribution is 0.0100. The Labute approximate surface area is 135 Å². The highest BCUT2D eigenvalue weighted by molar-refractivity contribution is 6.35. The molecule has 0 bridgehead atoms. The number of benzene rings is 1. The van der Waals surface area contributed by atoms with Gasteiger partial charge in [-0.1, -0.05) is 23.2 Å². The van der Waals surface area contributed by atoms with Gasteiger partial charge in [0.2, 0.25) is 0 Å². The van der Waals surface area contributed by atoms with Crippen LogP contribution in [0.25, 0.3) is 0 Å². The van der Waals surface area contributed by atoms with Crippen molar-refractivity contribution in [2.75, 3.05) is 13.7 Å². The maximum atomic E-state index is 6.46. The van der Waals surface area contributed by atoms with Gasteiger partial charge in [-0.25, -0.2) is 0 Å². The van der Waals surface area contributed by atoms with E-state index in [1.165, 1.54) is 12.8 Å². The van der Waals surface area contributed by atoms with Crippen LogP contribution in [0.3, 0.4) is 0 Å². The molecule has 0 amide bonds. The van der Waals surface area contributed by atoms with Crippen LogP contribution in [-0.2, 0) is 4.74 Å². The van der Waals surface area contributed by atoms with Crippen molar-refractivity contribution < 1.29 is 9.47 Å². The van der Waals surface area contributed by atoms with Gasteiger partial charge in [0.1, 0.15) is 5.75 Å². The van der Waals surface area contributed by atoms with E-state index in [9.17, 15) is 0 Å². The summed E-state index contributed by atoms with van der Waals surface area (Å²) in [6.45, 7) is 0.868. The van der Waals surface area contributed by atoms with Gasteiger partial charge in [-0.05, 0) is 43.7 Å². The Bertz CT molecular complexity index is 445. The molecule has 1 aliphatic heterocycles. The second-order valence-electron chi connectivity index (χ2n) is 5.04. The second kappa shape index (κ2) is 7.74.